The summed E-state index contributed by atoms with van der Waals surface area (Å²) in [6, 6.07) is 5.41. The molecule has 0 bridgehead atoms. The molecule has 1 amide bonds. The van der Waals surface area contributed by atoms with Crippen molar-refractivity contribution >= 4 is 12.1 Å². The Hall–Kier alpha value is -2.11. The highest BCUT2D eigenvalue weighted by Gasteiger charge is 2.28. The van der Waals surface area contributed by atoms with E-state index in [2.05, 4.69) is 0 Å². The molecule has 1 aliphatic heterocycles. The number of carbonyl (C=O) groups excluding carboxylic acids is 2. The monoisotopic (exact) mass is 323 g/mol. The lowest BCUT2D eigenvalue weighted by Gasteiger charge is -2.33. The van der Waals surface area contributed by atoms with Crippen molar-refractivity contribution in [3.8, 4) is 0 Å². The molecule has 1 aliphatic rings. The van der Waals surface area contributed by atoms with Gasteiger partial charge in [0, 0.05) is 25.9 Å². The van der Waals surface area contributed by atoms with E-state index in [1.54, 1.807) is 4.90 Å². The van der Waals surface area contributed by atoms with Crippen LogP contribution in [0.5, 0.6) is 0 Å². The van der Waals surface area contributed by atoms with Gasteiger partial charge in [0.2, 0.25) is 0 Å². The summed E-state index contributed by atoms with van der Waals surface area (Å²) in [4.78, 5) is 25.5. The number of hydrogen-bond acceptors (Lipinski definition) is 4. The minimum Gasteiger partial charge on any atom is -0.459 e. The van der Waals surface area contributed by atoms with E-state index in [-0.39, 0.29) is 17.8 Å². The fourth-order valence-corrected chi connectivity index (χ4v) is 2.32. The van der Waals surface area contributed by atoms with Gasteiger partial charge in [-0.05, 0) is 39.0 Å². The zero-order valence-electron chi connectivity index (χ0n) is 13.7. The number of nitrogens with zero attached hydrogens (tertiary/aromatic N) is 1. The van der Waals surface area contributed by atoms with Gasteiger partial charge >= 0.3 is 12.1 Å². The first kappa shape index (κ1) is 17.2. The summed E-state index contributed by atoms with van der Waals surface area (Å²) in [5.41, 5.74) is -0.336. The number of piperidine rings is 1. The number of benzene rings is 1. The van der Waals surface area contributed by atoms with Gasteiger partial charge in [-0.25, -0.2) is 14.0 Å². The third-order valence-electron chi connectivity index (χ3n) is 3.43. The fraction of sp³-hybridized carbons (Fsp3) is 0.529. The van der Waals surface area contributed by atoms with Gasteiger partial charge in [-0.15, -0.1) is 0 Å². The van der Waals surface area contributed by atoms with Crippen LogP contribution in [0.25, 0.3) is 0 Å². The lowest BCUT2D eigenvalue weighted by molar-refractivity contribution is -0.00342. The normalized spacial score (nSPS) is 16.1. The topological polar surface area (TPSA) is 55.8 Å². The average Bonchev–Trinajstić information content (AvgIpc) is 2.46. The Bertz CT molecular complexity index is 574. The van der Waals surface area contributed by atoms with Gasteiger partial charge in [0.05, 0.1) is 5.56 Å². The molecule has 1 aromatic carbocycles. The molecule has 0 radical (unpaired) electrons. The first-order valence-corrected chi connectivity index (χ1v) is 7.69. The number of amides is 1. The van der Waals surface area contributed by atoms with Crippen molar-refractivity contribution in [3.05, 3.63) is 35.6 Å². The molecule has 1 saturated heterocycles. The van der Waals surface area contributed by atoms with E-state index in [9.17, 15) is 14.0 Å². The predicted octanol–water partition coefficient (Wildman–Crippen LogP) is 3.38. The van der Waals surface area contributed by atoms with E-state index in [0.29, 0.717) is 25.9 Å². The lowest BCUT2D eigenvalue weighted by atomic mass is 10.1. The molecule has 1 heterocycles. The average molecular weight is 323 g/mol. The highest BCUT2D eigenvalue weighted by molar-refractivity contribution is 5.89. The molecular weight excluding hydrogens is 301 g/mol. The second-order valence-electron chi connectivity index (χ2n) is 6.58. The summed E-state index contributed by atoms with van der Waals surface area (Å²) < 4.78 is 23.8. The Morgan fingerprint density at radius 2 is 1.87 bits per heavy atom. The first-order valence-electron chi connectivity index (χ1n) is 7.69. The van der Waals surface area contributed by atoms with Gasteiger partial charge in [0.15, 0.2) is 0 Å². The molecule has 23 heavy (non-hydrogen) atoms. The third kappa shape index (κ3) is 5.23. The number of hydrogen-bond donors (Lipinski definition) is 0. The molecule has 0 spiro atoms. The summed E-state index contributed by atoms with van der Waals surface area (Å²) >= 11 is 0. The highest BCUT2D eigenvalue weighted by Crippen LogP contribution is 2.18. The molecule has 0 saturated carbocycles. The summed E-state index contributed by atoms with van der Waals surface area (Å²) in [6.07, 6.45) is 0.456. The minimum atomic E-state index is -0.541. The summed E-state index contributed by atoms with van der Waals surface area (Å²) in [5, 5.41) is 0. The van der Waals surface area contributed by atoms with Crippen LogP contribution in [-0.4, -0.2) is 41.8 Å². The maximum atomic E-state index is 13.1. The second kappa shape index (κ2) is 6.98. The molecule has 0 N–H and O–H groups in total. The summed E-state index contributed by atoms with van der Waals surface area (Å²) in [7, 11) is 0. The number of rotatable bonds is 2. The van der Waals surface area contributed by atoms with Crippen molar-refractivity contribution in [2.45, 2.75) is 45.3 Å². The van der Waals surface area contributed by atoms with E-state index >= 15 is 0 Å². The van der Waals surface area contributed by atoms with Crippen LogP contribution in [0.3, 0.4) is 0 Å². The molecular formula is C17H22FNO4. The first-order chi connectivity index (χ1) is 10.7. The van der Waals surface area contributed by atoms with Crippen molar-refractivity contribution in [1.29, 1.82) is 0 Å². The van der Waals surface area contributed by atoms with Crippen LogP contribution in [0, 0.1) is 5.82 Å². The number of likely N-dealkylation sites (tertiary alicyclic amines) is 1. The molecule has 5 nitrogen and oxygen atoms in total. The van der Waals surface area contributed by atoms with Crippen LogP contribution in [0.15, 0.2) is 24.3 Å². The largest absolute Gasteiger partial charge is 0.459 e. The van der Waals surface area contributed by atoms with Gasteiger partial charge in [-0.1, -0.05) is 6.07 Å². The number of halogens is 1. The van der Waals surface area contributed by atoms with Gasteiger partial charge in [-0.2, -0.15) is 0 Å². The van der Waals surface area contributed by atoms with Crippen molar-refractivity contribution in [2.75, 3.05) is 13.1 Å². The van der Waals surface area contributed by atoms with Crippen LogP contribution < -0.4 is 0 Å². The van der Waals surface area contributed by atoms with Crippen molar-refractivity contribution < 1.29 is 23.5 Å². The van der Waals surface area contributed by atoms with Crippen molar-refractivity contribution in [1.82, 2.24) is 4.90 Å². The number of esters is 1. The highest BCUT2D eigenvalue weighted by atomic mass is 19.1. The van der Waals surface area contributed by atoms with Crippen molar-refractivity contribution in [3.63, 3.8) is 0 Å². The Morgan fingerprint density at radius 1 is 1.22 bits per heavy atom. The zero-order chi connectivity index (χ0) is 17.0. The van der Waals surface area contributed by atoms with Crippen LogP contribution >= 0.6 is 0 Å². The second-order valence-corrected chi connectivity index (χ2v) is 6.58. The minimum absolute atomic E-state index is 0.194. The molecule has 1 fully saturated rings. The number of ether oxygens (including phenoxy) is 2. The molecule has 0 unspecified atom stereocenters. The maximum absolute atomic E-state index is 13.1. The third-order valence-corrected chi connectivity index (χ3v) is 3.43. The van der Waals surface area contributed by atoms with Gasteiger partial charge in [0.1, 0.15) is 17.5 Å². The van der Waals surface area contributed by atoms with Gasteiger partial charge in [0.25, 0.3) is 0 Å². The van der Waals surface area contributed by atoms with E-state index in [4.69, 9.17) is 9.47 Å². The molecule has 6 heteroatoms. The van der Waals surface area contributed by atoms with Crippen LogP contribution in [-0.2, 0) is 9.47 Å². The smallest absolute Gasteiger partial charge is 0.410 e. The lowest BCUT2D eigenvalue weighted by Crippen LogP contribution is -2.43. The molecule has 0 aliphatic carbocycles. The van der Waals surface area contributed by atoms with Crippen LogP contribution in [0.1, 0.15) is 44.0 Å². The Labute approximate surface area is 135 Å². The maximum Gasteiger partial charge on any atom is 0.410 e. The summed E-state index contributed by atoms with van der Waals surface area (Å²) in [5.74, 6) is -1.01. The number of carbonyl (C=O) groups is 2. The molecule has 2 rings (SSSR count). The van der Waals surface area contributed by atoms with E-state index < -0.39 is 17.4 Å². The Balaban J connectivity index is 1.83. The predicted molar refractivity (Wildman–Crippen MR) is 82.6 cm³/mol. The van der Waals surface area contributed by atoms with Gasteiger partial charge < -0.3 is 14.4 Å². The van der Waals surface area contributed by atoms with E-state index in [1.165, 1.54) is 18.2 Å². The van der Waals surface area contributed by atoms with Crippen LogP contribution in [0.2, 0.25) is 0 Å². The fourth-order valence-electron chi connectivity index (χ4n) is 2.32. The standard InChI is InChI=1S/C17H22FNO4/c1-17(2,3)23-16(21)19-9-7-14(8-10-19)22-15(20)12-5-4-6-13(18)11-12/h4-6,11,14H,7-10H2,1-3H3. The van der Waals surface area contributed by atoms with E-state index in [1.807, 2.05) is 20.8 Å². The molecule has 1 aromatic rings. The molecule has 0 atom stereocenters. The van der Waals surface area contributed by atoms with Crippen molar-refractivity contribution in [2.24, 2.45) is 0 Å². The van der Waals surface area contributed by atoms with Crippen LogP contribution in [0.4, 0.5) is 9.18 Å². The Morgan fingerprint density at radius 3 is 2.43 bits per heavy atom. The van der Waals surface area contributed by atoms with E-state index in [0.717, 1.165) is 6.07 Å². The Kier molecular flexibility index (Phi) is 5.23. The molecule has 126 valence electrons. The van der Waals surface area contributed by atoms with Gasteiger partial charge in [-0.3, -0.25) is 0 Å². The quantitative estimate of drug-likeness (QED) is 0.783. The molecule has 0 aromatic heterocycles. The SMILES string of the molecule is CC(C)(C)OC(=O)N1CCC(OC(=O)c2cccc(F)c2)CC1. The zero-order valence-corrected chi connectivity index (χ0v) is 13.7. The summed E-state index contributed by atoms with van der Waals surface area (Å²) in [6.45, 7) is 6.39.